The summed E-state index contributed by atoms with van der Waals surface area (Å²) in [5, 5.41) is 4.95. The van der Waals surface area contributed by atoms with E-state index in [9.17, 15) is 0 Å². The van der Waals surface area contributed by atoms with Gasteiger partial charge in [-0.05, 0) is 19.1 Å². The number of benzene rings is 2. The van der Waals surface area contributed by atoms with Gasteiger partial charge in [0.15, 0.2) is 0 Å². The molecule has 4 rings (SSSR count). The summed E-state index contributed by atoms with van der Waals surface area (Å²) in [6.45, 7) is 2.10. The molecule has 2 aromatic carbocycles. The van der Waals surface area contributed by atoms with Gasteiger partial charge in [0, 0.05) is 28.5 Å². The maximum absolute atomic E-state index is 5.36. The number of methoxy groups -OCH3 is 1. The van der Waals surface area contributed by atoms with E-state index in [0.717, 1.165) is 28.4 Å². The molecule has 3 nitrogen and oxygen atoms in total. The van der Waals surface area contributed by atoms with Gasteiger partial charge in [-0.25, -0.2) is 4.68 Å². The van der Waals surface area contributed by atoms with E-state index in [1.807, 2.05) is 47.1 Å². The Morgan fingerprint density at radius 1 is 0.833 bits per heavy atom. The highest BCUT2D eigenvalue weighted by Crippen LogP contribution is 2.36. The maximum Gasteiger partial charge on any atom is 0.121 e. The summed E-state index contributed by atoms with van der Waals surface area (Å²) in [5.41, 5.74) is 6.61. The Bertz CT molecular complexity index is 957. The van der Waals surface area contributed by atoms with Gasteiger partial charge in [0.25, 0.3) is 0 Å². The van der Waals surface area contributed by atoms with Crippen LogP contribution >= 0.6 is 0 Å². The fourth-order valence-corrected chi connectivity index (χ4v) is 3.09. The van der Waals surface area contributed by atoms with Crippen LogP contribution in [0.2, 0.25) is 0 Å². The second kappa shape index (κ2) is 5.85. The fourth-order valence-electron chi connectivity index (χ4n) is 3.09. The number of fused-ring (bicyclic) bond motifs is 1. The quantitative estimate of drug-likeness (QED) is 0.534. The fraction of sp³-hybridized carbons (Fsp3) is 0.0952. The zero-order valence-electron chi connectivity index (χ0n) is 13.7. The monoisotopic (exact) mass is 314 g/mol. The van der Waals surface area contributed by atoms with E-state index in [1.165, 1.54) is 11.1 Å². The topological polar surface area (TPSA) is 27.1 Å². The van der Waals surface area contributed by atoms with Gasteiger partial charge in [-0.3, -0.25) is 0 Å². The van der Waals surface area contributed by atoms with E-state index in [1.54, 1.807) is 7.11 Å². The van der Waals surface area contributed by atoms with E-state index < -0.39 is 0 Å². The Labute approximate surface area is 141 Å². The van der Waals surface area contributed by atoms with E-state index in [-0.39, 0.29) is 0 Å². The highest BCUT2D eigenvalue weighted by atomic mass is 16.5. The third kappa shape index (κ3) is 2.35. The highest BCUT2D eigenvalue weighted by Gasteiger charge is 2.17. The van der Waals surface area contributed by atoms with Gasteiger partial charge >= 0.3 is 0 Å². The third-order valence-corrected chi connectivity index (χ3v) is 4.32. The molecule has 2 aliphatic rings. The standard InChI is InChI=1S/C21H18N2O/c1-15-19-12-7-13-20(19)21(16-8-4-3-5-9-16)22-23(15)17-10-6-11-18(14-17)24-2/h3-14H,1-2H3. The van der Waals surface area contributed by atoms with Gasteiger partial charge in [-0.2, -0.15) is 5.10 Å². The Morgan fingerprint density at radius 2 is 1.58 bits per heavy atom. The normalized spacial score (nSPS) is 10.9. The number of hydrogen-bond donors (Lipinski definition) is 0. The summed E-state index contributed by atoms with van der Waals surface area (Å²) in [5.74, 6) is 0.824. The van der Waals surface area contributed by atoms with E-state index in [4.69, 9.17) is 9.84 Å². The largest absolute Gasteiger partial charge is 0.497 e. The van der Waals surface area contributed by atoms with Crippen molar-refractivity contribution in [2.75, 3.05) is 7.11 Å². The SMILES string of the molecule is COc1cccc(-n2nc(-c3ccccc3)c3cccc-3c2C)c1. The first-order valence-electron chi connectivity index (χ1n) is 7.96. The van der Waals surface area contributed by atoms with Crippen LogP contribution in [0.1, 0.15) is 5.69 Å². The molecule has 3 heteroatoms. The lowest BCUT2D eigenvalue weighted by molar-refractivity contribution is 0.414. The van der Waals surface area contributed by atoms with Crippen molar-refractivity contribution in [2.24, 2.45) is 0 Å². The van der Waals surface area contributed by atoms with Crippen molar-refractivity contribution in [1.29, 1.82) is 0 Å². The Balaban J connectivity index is 1.99. The van der Waals surface area contributed by atoms with Gasteiger partial charge in [-0.1, -0.05) is 54.6 Å². The molecule has 0 radical (unpaired) electrons. The first kappa shape index (κ1) is 14.5. The average Bonchev–Trinajstić information content (AvgIpc) is 3.13. The zero-order chi connectivity index (χ0) is 16.5. The first-order valence-corrected chi connectivity index (χ1v) is 7.96. The van der Waals surface area contributed by atoms with Crippen molar-refractivity contribution < 1.29 is 4.74 Å². The molecule has 0 spiro atoms. The number of rotatable bonds is 3. The van der Waals surface area contributed by atoms with Crippen LogP contribution in [-0.4, -0.2) is 16.9 Å². The first-order chi connectivity index (χ1) is 11.8. The number of aromatic nitrogens is 2. The number of nitrogens with zero attached hydrogens (tertiary/aromatic N) is 2. The van der Waals surface area contributed by atoms with Gasteiger partial charge in [-0.15, -0.1) is 0 Å². The van der Waals surface area contributed by atoms with Crippen molar-refractivity contribution in [3.63, 3.8) is 0 Å². The van der Waals surface area contributed by atoms with Crippen LogP contribution in [0.3, 0.4) is 0 Å². The molecule has 1 aliphatic carbocycles. The Morgan fingerprint density at radius 3 is 2.38 bits per heavy atom. The molecule has 1 heterocycles. The molecule has 0 amide bonds. The van der Waals surface area contributed by atoms with Crippen LogP contribution in [0.25, 0.3) is 28.1 Å². The summed E-state index contributed by atoms with van der Waals surface area (Å²) in [6.07, 6.45) is 0. The predicted molar refractivity (Wildman–Crippen MR) is 96.9 cm³/mol. The molecule has 0 unspecified atom stereocenters. The van der Waals surface area contributed by atoms with Crippen LogP contribution in [-0.2, 0) is 0 Å². The molecule has 1 aliphatic heterocycles. The lowest BCUT2D eigenvalue weighted by Crippen LogP contribution is -2.09. The molecule has 0 atom stereocenters. The van der Waals surface area contributed by atoms with E-state index in [0.29, 0.717) is 0 Å². The summed E-state index contributed by atoms with van der Waals surface area (Å²) >= 11 is 0. The summed E-state index contributed by atoms with van der Waals surface area (Å²) < 4.78 is 7.36. The van der Waals surface area contributed by atoms with Crippen LogP contribution in [0.15, 0.2) is 72.8 Å². The van der Waals surface area contributed by atoms with E-state index in [2.05, 4.69) is 37.3 Å². The summed E-state index contributed by atoms with van der Waals surface area (Å²) in [4.78, 5) is 0. The minimum atomic E-state index is 0.824. The van der Waals surface area contributed by atoms with Gasteiger partial charge < -0.3 is 4.74 Å². The molecule has 0 saturated carbocycles. The van der Waals surface area contributed by atoms with Crippen LogP contribution < -0.4 is 4.74 Å². The van der Waals surface area contributed by atoms with Gasteiger partial charge in [0.05, 0.1) is 18.5 Å². The number of ether oxygens (including phenoxy) is 1. The molecule has 118 valence electrons. The Kier molecular flexibility index (Phi) is 3.54. The van der Waals surface area contributed by atoms with Gasteiger partial charge in [0.2, 0.25) is 0 Å². The summed E-state index contributed by atoms with van der Waals surface area (Å²) in [6, 6.07) is 24.7. The minimum absolute atomic E-state index is 0.824. The van der Waals surface area contributed by atoms with E-state index >= 15 is 0 Å². The smallest absolute Gasteiger partial charge is 0.121 e. The van der Waals surface area contributed by atoms with Crippen LogP contribution in [0.5, 0.6) is 5.75 Å². The van der Waals surface area contributed by atoms with Crippen molar-refractivity contribution in [1.82, 2.24) is 9.78 Å². The Hall–Kier alpha value is -3.07. The van der Waals surface area contributed by atoms with Crippen molar-refractivity contribution in [3.8, 4) is 33.8 Å². The van der Waals surface area contributed by atoms with Crippen LogP contribution in [0.4, 0.5) is 0 Å². The molecule has 0 N–H and O–H groups in total. The maximum atomic E-state index is 5.36. The zero-order valence-corrected chi connectivity index (χ0v) is 13.7. The second-order valence-electron chi connectivity index (χ2n) is 5.77. The lowest BCUT2D eigenvalue weighted by atomic mass is 10.0. The third-order valence-electron chi connectivity index (χ3n) is 4.32. The summed E-state index contributed by atoms with van der Waals surface area (Å²) in [7, 11) is 1.68. The second-order valence-corrected chi connectivity index (χ2v) is 5.77. The van der Waals surface area contributed by atoms with Crippen molar-refractivity contribution >= 4 is 0 Å². The molecular weight excluding hydrogens is 296 g/mol. The van der Waals surface area contributed by atoms with Crippen LogP contribution in [0, 0.1) is 6.92 Å². The molecule has 0 fully saturated rings. The average molecular weight is 314 g/mol. The molecule has 0 aromatic heterocycles. The van der Waals surface area contributed by atoms with Crippen molar-refractivity contribution in [2.45, 2.75) is 6.92 Å². The molecular formula is C21H18N2O. The predicted octanol–water partition coefficient (Wildman–Crippen LogP) is 4.96. The highest BCUT2D eigenvalue weighted by molar-refractivity contribution is 5.83. The molecule has 0 saturated heterocycles. The minimum Gasteiger partial charge on any atom is -0.497 e. The van der Waals surface area contributed by atoms with Crippen molar-refractivity contribution in [3.05, 3.63) is 78.5 Å². The number of hydrogen-bond acceptors (Lipinski definition) is 2. The molecule has 2 aromatic rings. The molecule has 0 bridgehead atoms. The molecule has 24 heavy (non-hydrogen) atoms. The lowest BCUT2D eigenvalue weighted by Gasteiger charge is -2.18. The van der Waals surface area contributed by atoms with Gasteiger partial charge in [0.1, 0.15) is 5.75 Å².